The highest BCUT2D eigenvalue weighted by atomic mass is 35.5. The minimum Gasteiger partial charge on any atom is -0.397 e. The van der Waals surface area contributed by atoms with E-state index in [0.717, 1.165) is 62.3 Å². The molecule has 2 aromatic carbocycles. The summed E-state index contributed by atoms with van der Waals surface area (Å²) in [5.41, 5.74) is 9.58. The summed E-state index contributed by atoms with van der Waals surface area (Å²) in [5, 5.41) is 6.45. The number of piperidine rings is 2. The van der Waals surface area contributed by atoms with E-state index in [4.69, 9.17) is 23.8 Å². The molecule has 11 nitrogen and oxygen atoms in total. The van der Waals surface area contributed by atoms with Crippen LogP contribution in [0.1, 0.15) is 42.4 Å². The number of nitrogens with one attached hydrogen (secondary N) is 2. The van der Waals surface area contributed by atoms with Gasteiger partial charge in [0.1, 0.15) is 6.04 Å². The molecule has 6 rings (SSSR count). The third-order valence-electron chi connectivity index (χ3n) is 10.5. The molecular weight excluding hydrogens is 628 g/mol. The van der Waals surface area contributed by atoms with E-state index in [1.807, 2.05) is 34.1 Å². The number of nitrogens with two attached hydrogens (primary N) is 1. The number of anilines is 2. The maximum atomic E-state index is 14.1. The number of fused-ring (bicyclic) bond motifs is 1. The third-order valence-corrected chi connectivity index (χ3v) is 10.9. The number of carbonyl (C=O) groups is 3. The highest BCUT2D eigenvalue weighted by Gasteiger charge is 2.35. The number of carbonyl (C=O) groups excluding carboxylic acids is 3. The van der Waals surface area contributed by atoms with Gasteiger partial charge in [-0.05, 0) is 68.5 Å². The van der Waals surface area contributed by atoms with Gasteiger partial charge in [0.15, 0.2) is 0 Å². The van der Waals surface area contributed by atoms with Crippen molar-refractivity contribution in [2.45, 2.75) is 56.7 Å². The second-order valence-corrected chi connectivity index (χ2v) is 13.9. The predicted molar refractivity (Wildman–Crippen MR) is 189 cm³/mol. The molecule has 0 radical (unpaired) electrons. The largest absolute Gasteiger partial charge is 0.397 e. The molecule has 5 amide bonds. The molecule has 4 heterocycles. The van der Waals surface area contributed by atoms with Crippen molar-refractivity contribution in [1.29, 1.82) is 0 Å². The van der Waals surface area contributed by atoms with Crippen molar-refractivity contribution in [2.75, 3.05) is 77.0 Å². The number of hydrogen-bond acceptors (Lipinski definition) is 6. The van der Waals surface area contributed by atoms with Crippen molar-refractivity contribution >= 4 is 40.9 Å². The number of amides is 5. The van der Waals surface area contributed by atoms with E-state index in [2.05, 4.69) is 33.4 Å². The number of hydrogen-bond donors (Lipinski definition) is 3. The van der Waals surface area contributed by atoms with E-state index in [1.165, 1.54) is 0 Å². The van der Waals surface area contributed by atoms with E-state index in [-0.39, 0.29) is 30.4 Å². The van der Waals surface area contributed by atoms with Crippen LogP contribution in [0.4, 0.5) is 21.0 Å². The van der Waals surface area contributed by atoms with E-state index in [1.54, 1.807) is 17.0 Å². The first-order chi connectivity index (χ1) is 23.2. The number of para-hydroxylation sites is 1. The Balaban J connectivity index is 1.10. The lowest BCUT2D eigenvalue weighted by Gasteiger charge is -2.42. The number of rotatable bonds is 6. The van der Waals surface area contributed by atoms with E-state index in [0.29, 0.717) is 67.9 Å². The monoisotopic (exact) mass is 674 g/mol. The zero-order chi connectivity index (χ0) is 33.8. The lowest BCUT2D eigenvalue weighted by Crippen LogP contribution is -2.58. The first kappa shape index (κ1) is 33.9. The van der Waals surface area contributed by atoms with Gasteiger partial charge in [-0.2, -0.15) is 0 Å². The zero-order valence-electron chi connectivity index (χ0n) is 27.8. The number of urea groups is 2. The molecule has 48 heavy (non-hydrogen) atoms. The number of nitrogens with zero attached hydrogens (tertiary/aromatic N) is 5. The summed E-state index contributed by atoms with van der Waals surface area (Å²) in [5.74, 6) is 2.47. The van der Waals surface area contributed by atoms with E-state index < -0.39 is 6.04 Å². The Morgan fingerprint density at radius 3 is 2.35 bits per heavy atom. The summed E-state index contributed by atoms with van der Waals surface area (Å²) in [6.45, 7) is 7.12. The van der Waals surface area contributed by atoms with Crippen molar-refractivity contribution in [2.24, 2.45) is 0 Å². The number of halogens is 1. The van der Waals surface area contributed by atoms with Gasteiger partial charge in [0.2, 0.25) is 5.91 Å². The van der Waals surface area contributed by atoms with Crippen molar-refractivity contribution in [1.82, 2.24) is 29.8 Å². The van der Waals surface area contributed by atoms with Crippen molar-refractivity contribution < 1.29 is 14.4 Å². The average Bonchev–Trinajstić information content (AvgIpc) is 3.27. The smallest absolute Gasteiger partial charge is 0.322 e. The lowest BCUT2D eigenvalue weighted by atomic mass is 9.98. The summed E-state index contributed by atoms with van der Waals surface area (Å²) in [4.78, 5) is 51.4. The topological polar surface area (TPSA) is 117 Å². The molecule has 12 heteroatoms. The Hall–Kier alpha value is -3.98. The SMILES string of the molecule is C#Cc1cc(C[C@@H](NC(=O)N2CCC(N3CCc4ccccc4NC3=O)CC2)C(=O)N2CCC(N3CCN(C)CC3)CC2)cc(Cl)c1N. The number of benzene rings is 2. The quantitative estimate of drug-likeness (QED) is 0.320. The second kappa shape index (κ2) is 15.1. The molecule has 0 saturated carbocycles. The van der Waals surface area contributed by atoms with E-state index in [9.17, 15) is 14.4 Å². The molecule has 4 aliphatic rings. The minimum absolute atomic E-state index is 0.0292. The van der Waals surface area contributed by atoms with Gasteiger partial charge >= 0.3 is 12.1 Å². The van der Waals surface area contributed by atoms with Crippen LogP contribution >= 0.6 is 11.6 Å². The fraction of sp³-hybridized carbons (Fsp3) is 0.528. The van der Waals surface area contributed by atoms with Gasteiger partial charge in [-0.3, -0.25) is 9.69 Å². The number of likely N-dealkylation sites (tertiary alicyclic amines) is 2. The molecule has 0 aromatic heterocycles. The Bertz CT molecular complexity index is 1540. The summed E-state index contributed by atoms with van der Waals surface area (Å²) in [7, 11) is 2.16. The second-order valence-electron chi connectivity index (χ2n) is 13.5. The standard InChI is InChI=1S/C36H47ClN8O3/c1-3-26-22-25(23-30(37)33(26)38)24-32(34(46)43-13-9-28(10-14-43)42-20-18-41(2)19-21-42)40-35(47)44-15-11-29(12-16-44)45-17-8-27-6-4-5-7-31(27)39-36(45)48/h1,4-7,22-23,28-29,32H,8-21,24,38H2,2H3,(H,39,48)(H,40,47)/t32-/m1/s1. The molecule has 3 saturated heterocycles. The van der Waals surface area contributed by atoms with E-state index >= 15 is 0 Å². The van der Waals surface area contributed by atoms with Crippen LogP contribution in [0.25, 0.3) is 0 Å². The van der Waals surface area contributed by atoms with Crippen LogP contribution < -0.4 is 16.4 Å². The van der Waals surface area contributed by atoms with Gasteiger partial charge in [0.25, 0.3) is 0 Å². The number of nitrogen functional groups attached to an aromatic ring is 1. The highest BCUT2D eigenvalue weighted by molar-refractivity contribution is 6.33. The molecule has 3 fully saturated rings. The van der Waals surface area contributed by atoms with Crippen LogP contribution in [0.3, 0.4) is 0 Å². The molecule has 0 aliphatic carbocycles. The highest BCUT2D eigenvalue weighted by Crippen LogP contribution is 2.27. The summed E-state index contributed by atoms with van der Waals surface area (Å²) < 4.78 is 0. The molecule has 256 valence electrons. The predicted octanol–water partition coefficient (Wildman–Crippen LogP) is 3.32. The minimum atomic E-state index is -0.796. The normalized spacial score (nSPS) is 20.8. The van der Waals surface area contributed by atoms with Crippen LogP contribution in [-0.4, -0.2) is 127 Å². The van der Waals surface area contributed by atoms with Crippen molar-refractivity contribution in [3.8, 4) is 12.3 Å². The first-order valence-corrected chi connectivity index (χ1v) is 17.5. The van der Waals surface area contributed by atoms with Crippen molar-refractivity contribution in [3.63, 3.8) is 0 Å². The van der Waals surface area contributed by atoms with Gasteiger partial charge in [-0.25, -0.2) is 9.59 Å². The molecular formula is C36H47ClN8O3. The average molecular weight is 675 g/mol. The van der Waals surface area contributed by atoms with Crippen LogP contribution in [-0.2, 0) is 17.6 Å². The van der Waals surface area contributed by atoms with Crippen LogP contribution in [0.15, 0.2) is 36.4 Å². The summed E-state index contributed by atoms with van der Waals surface area (Å²) >= 11 is 6.41. The maximum Gasteiger partial charge on any atom is 0.322 e. The fourth-order valence-electron chi connectivity index (χ4n) is 7.56. The van der Waals surface area contributed by atoms with Crippen LogP contribution in [0.5, 0.6) is 0 Å². The zero-order valence-corrected chi connectivity index (χ0v) is 28.6. The number of likely N-dealkylation sites (N-methyl/N-ethyl adjacent to an activating group) is 1. The molecule has 0 bridgehead atoms. The Morgan fingerprint density at radius 2 is 1.65 bits per heavy atom. The van der Waals surface area contributed by atoms with Gasteiger partial charge in [0, 0.05) is 88.7 Å². The van der Waals surface area contributed by atoms with Gasteiger partial charge in [-0.15, -0.1) is 6.42 Å². The third kappa shape index (κ3) is 7.67. The maximum absolute atomic E-state index is 14.1. The Kier molecular flexibility index (Phi) is 10.6. The molecule has 1 atom stereocenters. The van der Waals surface area contributed by atoms with Gasteiger partial charge in [-0.1, -0.05) is 35.7 Å². The van der Waals surface area contributed by atoms with Crippen LogP contribution in [0, 0.1) is 12.3 Å². The fourth-order valence-corrected chi connectivity index (χ4v) is 7.81. The van der Waals surface area contributed by atoms with Gasteiger partial charge < -0.3 is 36.0 Å². The molecule has 4 aliphatic heterocycles. The molecule has 2 aromatic rings. The Labute approximate surface area is 288 Å². The lowest BCUT2D eigenvalue weighted by molar-refractivity contribution is -0.135. The van der Waals surface area contributed by atoms with Crippen LogP contribution in [0.2, 0.25) is 5.02 Å². The van der Waals surface area contributed by atoms with Crippen molar-refractivity contribution in [3.05, 3.63) is 58.1 Å². The number of terminal acetylenes is 1. The summed E-state index contributed by atoms with van der Waals surface area (Å²) in [6.07, 6.45) is 9.85. The molecule has 4 N–H and O–H groups in total. The Morgan fingerprint density at radius 1 is 0.979 bits per heavy atom. The molecule has 0 unspecified atom stereocenters. The summed E-state index contributed by atoms with van der Waals surface area (Å²) in [6, 6.07) is 10.7. The molecule has 0 spiro atoms. The van der Waals surface area contributed by atoms with Gasteiger partial charge in [0.05, 0.1) is 10.7 Å². The number of piperazine rings is 1. The first-order valence-electron chi connectivity index (χ1n) is 17.2.